The molecular weight excluding hydrogens is 674 g/mol. The van der Waals surface area contributed by atoms with Crippen molar-refractivity contribution >= 4 is 46.4 Å². The van der Waals surface area contributed by atoms with Crippen molar-refractivity contribution in [3.8, 4) is 0 Å². The lowest BCUT2D eigenvalue weighted by atomic mass is 10.1. The summed E-state index contributed by atoms with van der Waals surface area (Å²) in [6.07, 6.45) is 19.0. The summed E-state index contributed by atoms with van der Waals surface area (Å²) in [6.45, 7) is 2.91. The standard InChI is InChI=1S/C27H35N3O7.C14H16N2/c31-20-29(21-14-15-24(32)30(18-21)19-25(33)34)17-11-7-5-3-1-2-4-6-10-16-28-26(35)22-12-8-9-13-23(22)27(36)37;1-4-8-16(9-5-1)14-11-15-10-12-6-2-3-7-13(12)14/h8-9,12-15,18,20H,1-7,10-11,16-17,19H2,(H,28,35)(H,33,34)(H,36,37);2-3,6-7,10-11H,1,4-5,8-9H2. The SMILES string of the molecule is O=CN(CCCCCCCCCCCNC(=O)c1ccccc1C(=O)O)c1ccc(=O)n(CC(=O)O)c1.c1ccc2c(N3CCCCC3)cncc2c1. The summed E-state index contributed by atoms with van der Waals surface area (Å²) in [5, 5.41) is 23.4. The summed E-state index contributed by atoms with van der Waals surface area (Å²) < 4.78 is 1.07. The Morgan fingerprint density at radius 2 is 1.42 bits per heavy atom. The van der Waals surface area contributed by atoms with E-state index in [-0.39, 0.29) is 17.0 Å². The molecule has 2 aromatic heterocycles. The highest BCUT2D eigenvalue weighted by Gasteiger charge is 2.16. The molecule has 0 spiro atoms. The number of aliphatic carboxylic acids is 1. The molecule has 0 aliphatic carbocycles. The zero-order chi connectivity index (χ0) is 37.8. The van der Waals surface area contributed by atoms with Gasteiger partial charge in [-0.15, -0.1) is 0 Å². The fourth-order valence-electron chi connectivity index (χ4n) is 6.50. The number of nitrogens with zero attached hydrogens (tertiary/aromatic N) is 4. The topological polar surface area (TPSA) is 162 Å². The van der Waals surface area contributed by atoms with E-state index in [4.69, 9.17) is 5.11 Å². The predicted molar refractivity (Wildman–Crippen MR) is 207 cm³/mol. The fraction of sp³-hybridized carbons (Fsp3) is 0.415. The van der Waals surface area contributed by atoms with Gasteiger partial charge in [0, 0.05) is 55.4 Å². The summed E-state index contributed by atoms with van der Waals surface area (Å²) in [5.41, 5.74) is 1.55. The Bertz CT molecular complexity index is 1850. The smallest absolute Gasteiger partial charge is 0.336 e. The number of unbranched alkanes of at least 4 members (excludes halogenated alkanes) is 8. The lowest BCUT2D eigenvalue weighted by Crippen LogP contribution is -2.29. The molecule has 2 amide bonds. The molecule has 53 heavy (non-hydrogen) atoms. The normalized spacial score (nSPS) is 12.4. The lowest BCUT2D eigenvalue weighted by Gasteiger charge is -2.29. The third kappa shape index (κ3) is 12.9. The number of piperidine rings is 1. The first-order valence-electron chi connectivity index (χ1n) is 18.6. The van der Waals surface area contributed by atoms with Crippen LogP contribution in [0.15, 0.2) is 84.0 Å². The number of carbonyl (C=O) groups is 4. The molecule has 1 fully saturated rings. The van der Waals surface area contributed by atoms with Gasteiger partial charge in [-0.3, -0.25) is 24.2 Å². The maximum Gasteiger partial charge on any atom is 0.336 e. The minimum atomic E-state index is -1.12. The van der Waals surface area contributed by atoms with Crippen LogP contribution in [-0.4, -0.2) is 70.2 Å². The molecule has 3 heterocycles. The van der Waals surface area contributed by atoms with Gasteiger partial charge in [-0.1, -0.05) is 81.3 Å². The van der Waals surface area contributed by atoms with Crippen molar-refractivity contribution in [2.24, 2.45) is 0 Å². The van der Waals surface area contributed by atoms with Crippen LogP contribution in [0.4, 0.5) is 11.4 Å². The largest absolute Gasteiger partial charge is 0.480 e. The van der Waals surface area contributed by atoms with Crippen LogP contribution in [0.3, 0.4) is 0 Å². The molecule has 0 radical (unpaired) electrons. The quantitative estimate of drug-likeness (QED) is 0.0701. The molecule has 12 nitrogen and oxygen atoms in total. The van der Waals surface area contributed by atoms with Crippen LogP contribution in [-0.2, 0) is 16.1 Å². The Labute approximate surface area is 310 Å². The molecule has 0 atom stereocenters. The van der Waals surface area contributed by atoms with Crippen LogP contribution in [0.25, 0.3) is 10.8 Å². The molecule has 4 aromatic rings. The van der Waals surface area contributed by atoms with Crippen molar-refractivity contribution in [1.82, 2.24) is 14.9 Å². The molecule has 0 unspecified atom stereocenters. The monoisotopic (exact) mass is 725 g/mol. The molecule has 2 aromatic carbocycles. The summed E-state index contributed by atoms with van der Waals surface area (Å²) in [6, 6.07) is 17.5. The number of fused-ring (bicyclic) bond motifs is 1. The number of pyridine rings is 2. The van der Waals surface area contributed by atoms with Crippen molar-refractivity contribution in [3.63, 3.8) is 0 Å². The number of hydrogen-bond acceptors (Lipinski definition) is 7. The van der Waals surface area contributed by atoms with Crippen molar-refractivity contribution in [3.05, 3.63) is 101 Å². The second kappa shape index (κ2) is 21.8. The minimum Gasteiger partial charge on any atom is -0.480 e. The van der Waals surface area contributed by atoms with Gasteiger partial charge in [-0.25, -0.2) is 4.79 Å². The summed E-state index contributed by atoms with van der Waals surface area (Å²) in [5.74, 6) is -2.61. The van der Waals surface area contributed by atoms with E-state index in [9.17, 15) is 29.1 Å². The van der Waals surface area contributed by atoms with E-state index in [1.54, 1.807) is 12.1 Å². The molecule has 5 rings (SSSR count). The van der Waals surface area contributed by atoms with Gasteiger partial charge in [0.1, 0.15) is 6.54 Å². The van der Waals surface area contributed by atoms with Gasteiger partial charge < -0.3 is 29.9 Å². The Morgan fingerprint density at radius 3 is 2.09 bits per heavy atom. The number of hydrogen-bond donors (Lipinski definition) is 3. The van der Waals surface area contributed by atoms with E-state index < -0.39 is 24.0 Å². The first-order valence-corrected chi connectivity index (χ1v) is 18.6. The fourth-order valence-corrected chi connectivity index (χ4v) is 6.50. The first-order chi connectivity index (χ1) is 25.8. The number of aromatic carboxylic acids is 1. The van der Waals surface area contributed by atoms with E-state index in [0.717, 1.165) is 62.4 Å². The number of nitrogens with one attached hydrogen (secondary N) is 1. The van der Waals surface area contributed by atoms with Crippen molar-refractivity contribution in [1.29, 1.82) is 0 Å². The summed E-state index contributed by atoms with van der Waals surface area (Å²) in [4.78, 5) is 65.8. The number of anilines is 2. The second-order valence-corrected chi connectivity index (χ2v) is 13.3. The van der Waals surface area contributed by atoms with Gasteiger partial charge in [-0.05, 0) is 50.3 Å². The maximum atomic E-state index is 12.2. The van der Waals surface area contributed by atoms with Gasteiger partial charge in [0.2, 0.25) is 6.41 Å². The highest BCUT2D eigenvalue weighted by Crippen LogP contribution is 2.27. The van der Waals surface area contributed by atoms with Crippen LogP contribution in [0.5, 0.6) is 0 Å². The van der Waals surface area contributed by atoms with E-state index in [1.165, 1.54) is 84.2 Å². The Morgan fingerprint density at radius 1 is 0.774 bits per heavy atom. The summed E-state index contributed by atoms with van der Waals surface area (Å²) >= 11 is 0. The van der Waals surface area contributed by atoms with Gasteiger partial charge >= 0.3 is 11.9 Å². The highest BCUT2D eigenvalue weighted by molar-refractivity contribution is 6.04. The third-order valence-electron chi connectivity index (χ3n) is 9.34. The Balaban J connectivity index is 0.000000320. The zero-order valence-corrected chi connectivity index (χ0v) is 30.3. The van der Waals surface area contributed by atoms with E-state index in [0.29, 0.717) is 25.2 Å². The average molecular weight is 726 g/mol. The first kappa shape index (κ1) is 40.3. The van der Waals surface area contributed by atoms with Crippen LogP contribution < -0.4 is 20.7 Å². The van der Waals surface area contributed by atoms with Crippen molar-refractivity contribution < 1.29 is 29.4 Å². The molecule has 1 aliphatic rings. The van der Waals surface area contributed by atoms with Gasteiger partial charge in [-0.2, -0.15) is 0 Å². The van der Waals surface area contributed by atoms with Crippen LogP contribution in [0.2, 0.25) is 0 Å². The van der Waals surface area contributed by atoms with Gasteiger partial charge in [0.25, 0.3) is 11.5 Å². The average Bonchev–Trinajstić information content (AvgIpc) is 3.17. The number of benzene rings is 2. The van der Waals surface area contributed by atoms with Gasteiger partial charge in [0.05, 0.1) is 28.7 Å². The van der Waals surface area contributed by atoms with E-state index in [2.05, 4.69) is 39.5 Å². The van der Waals surface area contributed by atoms with E-state index >= 15 is 0 Å². The molecular formula is C41H51N5O7. The maximum absolute atomic E-state index is 12.2. The molecule has 0 bridgehead atoms. The number of aromatic nitrogens is 2. The lowest BCUT2D eigenvalue weighted by molar-refractivity contribution is -0.137. The van der Waals surface area contributed by atoms with Crippen LogP contribution in [0, 0.1) is 0 Å². The number of rotatable bonds is 19. The van der Waals surface area contributed by atoms with Crippen LogP contribution >= 0.6 is 0 Å². The minimum absolute atomic E-state index is 0.000603. The number of carbonyl (C=O) groups excluding carboxylic acids is 2. The molecule has 0 saturated carbocycles. The molecule has 12 heteroatoms. The van der Waals surface area contributed by atoms with Crippen molar-refractivity contribution in [2.45, 2.75) is 83.6 Å². The van der Waals surface area contributed by atoms with Crippen LogP contribution in [0.1, 0.15) is 97.8 Å². The van der Waals surface area contributed by atoms with Crippen molar-refractivity contribution in [2.75, 3.05) is 36.0 Å². The number of amides is 2. The Hall–Kier alpha value is -5.52. The molecule has 282 valence electrons. The number of carboxylic acids is 2. The summed E-state index contributed by atoms with van der Waals surface area (Å²) in [7, 11) is 0. The third-order valence-corrected chi connectivity index (χ3v) is 9.34. The molecule has 1 saturated heterocycles. The molecule has 3 N–H and O–H groups in total. The Kier molecular flexibility index (Phi) is 16.5. The highest BCUT2D eigenvalue weighted by atomic mass is 16.4. The van der Waals surface area contributed by atoms with E-state index in [1.807, 2.05) is 12.4 Å². The predicted octanol–water partition coefficient (Wildman–Crippen LogP) is 6.76. The molecule has 1 aliphatic heterocycles. The second-order valence-electron chi connectivity index (χ2n) is 13.3. The zero-order valence-electron chi connectivity index (χ0n) is 30.3. The van der Waals surface area contributed by atoms with Gasteiger partial charge in [0.15, 0.2) is 0 Å². The number of carboxylic acid groups (broad SMARTS) is 2.